The van der Waals surface area contributed by atoms with E-state index in [1.54, 1.807) is 28.8 Å². The van der Waals surface area contributed by atoms with Crippen molar-refractivity contribution in [2.24, 2.45) is 0 Å². The smallest absolute Gasteiger partial charge is 0.422 e. The number of ether oxygens (including phenoxy) is 1. The lowest BCUT2D eigenvalue weighted by Crippen LogP contribution is -2.19. The number of rotatable bonds is 5. The van der Waals surface area contributed by atoms with Crippen LogP contribution in [0.3, 0.4) is 0 Å². The number of nitrogens with zero attached hydrogens (tertiary/aromatic N) is 4. The molecular weight excluding hydrogens is 369 g/mol. The molecule has 0 atom stereocenters. The summed E-state index contributed by atoms with van der Waals surface area (Å²) in [6.07, 6.45) is -1.71. The maximum absolute atomic E-state index is 12.2. The van der Waals surface area contributed by atoms with Crippen molar-refractivity contribution in [1.82, 2.24) is 19.7 Å². The van der Waals surface area contributed by atoms with Crippen molar-refractivity contribution in [2.75, 3.05) is 6.61 Å². The van der Waals surface area contributed by atoms with E-state index in [1.807, 2.05) is 0 Å². The zero-order chi connectivity index (χ0) is 18.7. The van der Waals surface area contributed by atoms with Gasteiger partial charge < -0.3 is 4.74 Å². The van der Waals surface area contributed by atoms with Gasteiger partial charge in [0.25, 0.3) is 0 Å². The van der Waals surface area contributed by atoms with Gasteiger partial charge in [-0.3, -0.25) is 4.57 Å². The quantitative estimate of drug-likeness (QED) is 0.650. The summed E-state index contributed by atoms with van der Waals surface area (Å²) in [5.74, 6) is 0.821. The van der Waals surface area contributed by atoms with Crippen LogP contribution in [0.15, 0.2) is 49.2 Å². The van der Waals surface area contributed by atoms with Gasteiger partial charge in [-0.2, -0.15) is 13.2 Å². The van der Waals surface area contributed by atoms with E-state index in [0.717, 1.165) is 0 Å². The summed E-state index contributed by atoms with van der Waals surface area (Å²) in [5, 5.41) is 8.60. The Morgan fingerprint density at radius 3 is 2.54 bits per heavy atom. The van der Waals surface area contributed by atoms with E-state index in [9.17, 15) is 13.2 Å². The van der Waals surface area contributed by atoms with Gasteiger partial charge in [-0.1, -0.05) is 30.3 Å². The van der Waals surface area contributed by atoms with Crippen LogP contribution in [-0.2, 0) is 0 Å². The van der Waals surface area contributed by atoms with Crippen molar-refractivity contribution in [3.05, 3.63) is 60.0 Å². The number of halogens is 4. The van der Waals surface area contributed by atoms with Gasteiger partial charge in [-0.15, -0.1) is 10.2 Å². The van der Waals surface area contributed by atoms with Gasteiger partial charge in [0.1, 0.15) is 11.4 Å². The Kier molecular flexibility index (Phi) is 4.94. The zero-order valence-electron chi connectivity index (χ0n) is 13.2. The summed E-state index contributed by atoms with van der Waals surface area (Å²) in [7, 11) is 0. The fourth-order valence-electron chi connectivity index (χ4n) is 2.23. The minimum absolute atomic E-state index is 0.00109. The van der Waals surface area contributed by atoms with Crippen molar-refractivity contribution in [3.63, 3.8) is 0 Å². The molecule has 2 heterocycles. The minimum Gasteiger partial charge on any atom is -0.483 e. The summed E-state index contributed by atoms with van der Waals surface area (Å²) in [6, 6.07) is 9.97. The van der Waals surface area contributed by atoms with Crippen LogP contribution in [0.5, 0.6) is 5.75 Å². The topological polar surface area (TPSA) is 52.8 Å². The molecule has 26 heavy (non-hydrogen) atoms. The molecule has 0 saturated carbocycles. The third kappa shape index (κ3) is 3.85. The van der Waals surface area contributed by atoms with E-state index < -0.39 is 12.8 Å². The predicted molar refractivity (Wildman–Crippen MR) is 91.2 cm³/mol. The molecule has 0 fully saturated rings. The molecule has 0 saturated heterocycles. The van der Waals surface area contributed by atoms with Crippen molar-refractivity contribution < 1.29 is 17.9 Å². The number of pyridine rings is 1. The fourth-order valence-corrected chi connectivity index (χ4v) is 2.45. The average Bonchev–Trinajstić information content (AvgIpc) is 3.04. The first kappa shape index (κ1) is 17.9. The van der Waals surface area contributed by atoms with E-state index in [0.29, 0.717) is 28.1 Å². The molecule has 3 rings (SSSR count). The first-order valence-corrected chi connectivity index (χ1v) is 7.75. The minimum atomic E-state index is -4.41. The molecule has 0 amide bonds. The summed E-state index contributed by atoms with van der Waals surface area (Å²) in [6.45, 7) is 2.32. The molecule has 0 spiro atoms. The van der Waals surface area contributed by atoms with Crippen LogP contribution in [0.25, 0.3) is 23.3 Å². The normalized spacial score (nSPS) is 11.4. The second-order valence-electron chi connectivity index (χ2n) is 5.16. The Morgan fingerprint density at radius 1 is 1.15 bits per heavy atom. The van der Waals surface area contributed by atoms with Crippen LogP contribution < -0.4 is 4.74 Å². The standard InChI is InChI=1S/C17H12ClF3N4O/c1-2-15-23-24-16(25(15)14-6-4-3-5-12(14)18)13-8-7-11(9-22-13)26-10-17(19,20)21/h2-9H,1,10H2. The van der Waals surface area contributed by atoms with Gasteiger partial charge in [-0.25, -0.2) is 4.98 Å². The van der Waals surface area contributed by atoms with Gasteiger partial charge in [-0.05, 0) is 30.3 Å². The molecule has 134 valence electrons. The van der Waals surface area contributed by atoms with E-state index in [1.165, 1.54) is 24.4 Å². The first-order chi connectivity index (χ1) is 12.4. The lowest BCUT2D eigenvalue weighted by atomic mass is 10.2. The highest BCUT2D eigenvalue weighted by Gasteiger charge is 2.28. The van der Waals surface area contributed by atoms with Crippen LogP contribution in [0.2, 0.25) is 5.02 Å². The molecule has 0 bridgehead atoms. The lowest BCUT2D eigenvalue weighted by molar-refractivity contribution is -0.153. The van der Waals surface area contributed by atoms with Gasteiger partial charge in [0.2, 0.25) is 0 Å². The number of para-hydroxylation sites is 1. The fraction of sp³-hybridized carbons (Fsp3) is 0.118. The Hall–Kier alpha value is -2.87. The third-order valence-corrected chi connectivity index (χ3v) is 3.65. The molecule has 0 aliphatic carbocycles. The van der Waals surface area contributed by atoms with Gasteiger partial charge in [0.05, 0.1) is 16.9 Å². The Morgan fingerprint density at radius 2 is 1.92 bits per heavy atom. The highest BCUT2D eigenvalue weighted by molar-refractivity contribution is 6.32. The lowest BCUT2D eigenvalue weighted by Gasteiger charge is -2.11. The van der Waals surface area contributed by atoms with E-state index in [2.05, 4.69) is 26.5 Å². The van der Waals surface area contributed by atoms with E-state index >= 15 is 0 Å². The summed E-state index contributed by atoms with van der Waals surface area (Å²) in [4.78, 5) is 4.12. The van der Waals surface area contributed by atoms with Crippen LogP contribution in [0, 0.1) is 0 Å². The maximum atomic E-state index is 12.2. The SMILES string of the molecule is C=Cc1nnc(-c2ccc(OCC(F)(F)F)cn2)n1-c1ccccc1Cl. The maximum Gasteiger partial charge on any atom is 0.422 e. The monoisotopic (exact) mass is 380 g/mol. The van der Waals surface area contributed by atoms with Crippen LogP contribution in [0.1, 0.15) is 5.82 Å². The number of aromatic nitrogens is 4. The van der Waals surface area contributed by atoms with Crippen LogP contribution >= 0.6 is 11.6 Å². The van der Waals surface area contributed by atoms with Crippen LogP contribution in [0.4, 0.5) is 13.2 Å². The van der Waals surface area contributed by atoms with E-state index in [4.69, 9.17) is 11.6 Å². The summed E-state index contributed by atoms with van der Waals surface area (Å²) in [5.41, 5.74) is 1.02. The van der Waals surface area contributed by atoms with Crippen molar-refractivity contribution in [2.45, 2.75) is 6.18 Å². The predicted octanol–water partition coefficient (Wildman–Crippen LogP) is 4.57. The number of alkyl halides is 3. The van der Waals surface area contributed by atoms with Crippen molar-refractivity contribution >= 4 is 17.7 Å². The molecule has 9 heteroatoms. The van der Waals surface area contributed by atoms with Crippen molar-refractivity contribution in [1.29, 1.82) is 0 Å². The van der Waals surface area contributed by atoms with Gasteiger partial charge in [0, 0.05) is 0 Å². The highest BCUT2D eigenvalue weighted by atomic mass is 35.5. The first-order valence-electron chi connectivity index (χ1n) is 7.38. The average molecular weight is 381 g/mol. The molecule has 0 unspecified atom stereocenters. The zero-order valence-corrected chi connectivity index (χ0v) is 14.0. The Balaban J connectivity index is 1.97. The number of hydrogen-bond acceptors (Lipinski definition) is 4. The molecule has 5 nitrogen and oxygen atoms in total. The molecule has 2 aromatic heterocycles. The molecule has 0 radical (unpaired) electrons. The third-order valence-electron chi connectivity index (χ3n) is 3.33. The van der Waals surface area contributed by atoms with Crippen molar-refractivity contribution in [3.8, 4) is 23.0 Å². The second kappa shape index (κ2) is 7.17. The molecule has 3 aromatic rings. The van der Waals surface area contributed by atoms with E-state index in [-0.39, 0.29) is 5.75 Å². The molecule has 0 aliphatic heterocycles. The summed E-state index contributed by atoms with van der Waals surface area (Å²) < 4.78 is 43.0. The second-order valence-corrected chi connectivity index (χ2v) is 5.56. The summed E-state index contributed by atoms with van der Waals surface area (Å²) >= 11 is 6.26. The highest BCUT2D eigenvalue weighted by Crippen LogP contribution is 2.28. The largest absolute Gasteiger partial charge is 0.483 e. The molecule has 0 aliphatic rings. The molecule has 1 aromatic carbocycles. The number of hydrogen-bond donors (Lipinski definition) is 0. The van der Waals surface area contributed by atoms with Crippen LogP contribution in [-0.4, -0.2) is 32.5 Å². The van der Waals surface area contributed by atoms with Gasteiger partial charge >= 0.3 is 6.18 Å². The Bertz CT molecular complexity index is 923. The van der Waals surface area contributed by atoms with Gasteiger partial charge in [0.15, 0.2) is 18.3 Å². The number of benzene rings is 1. The molecular formula is C17H12ClF3N4O. The molecule has 0 N–H and O–H groups in total. The Labute approximate surface area is 151 Å².